The number of hydrogen-bond donors (Lipinski definition) is 1. The van der Waals surface area contributed by atoms with Gasteiger partial charge in [-0.25, -0.2) is 8.42 Å². The molecule has 10 heteroatoms. The molecule has 2 aromatic carbocycles. The fourth-order valence-corrected chi connectivity index (χ4v) is 4.33. The number of benzene rings is 2. The number of morpholine rings is 1. The molecule has 0 bridgehead atoms. The van der Waals surface area contributed by atoms with Crippen LogP contribution in [-0.2, 0) is 27.5 Å². The molecule has 0 spiro atoms. The molecule has 0 radical (unpaired) electrons. The lowest BCUT2D eigenvalue weighted by Gasteiger charge is -2.26. The van der Waals surface area contributed by atoms with E-state index in [-0.39, 0.29) is 24.5 Å². The van der Waals surface area contributed by atoms with Gasteiger partial charge in [0.25, 0.3) is 5.91 Å². The zero-order valence-corrected chi connectivity index (χ0v) is 16.1. The molecule has 1 amide bonds. The van der Waals surface area contributed by atoms with Gasteiger partial charge in [-0.3, -0.25) is 4.79 Å². The number of rotatable bonds is 5. The summed E-state index contributed by atoms with van der Waals surface area (Å²) in [5.74, 6) is -0.858. The standard InChI is InChI=1S/C19H19F3N2O4S/c20-19(21,22)17-4-2-1-3-16(17)18(25)23-13-14-5-7-15(8-6-14)29(26,27)24-9-11-28-12-10-24/h1-8H,9-13H2,(H,23,25). The van der Waals surface area contributed by atoms with Crippen molar-refractivity contribution >= 4 is 15.9 Å². The number of nitrogens with one attached hydrogen (secondary N) is 1. The van der Waals surface area contributed by atoms with Crippen molar-refractivity contribution in [2.75, 3.05) is 26.3 Å². The van der Waals surface area contributed by atoms with E-state index in [2.05, 4.69) is 5.32 Å². The van der Waals surface area contributed by atoms with Crippen molar-refractivity contribution in [2.45, 2.75) is 17.6 Å². The first-order valence-corrected chi connectivity index (χ1v) is 10.2. The molecule has 2 aromatic rings. The van der Waals surface area contributed by atoms with Crippen LogP contribution >= 0.6 is 0 Å². The molecule has 156 valence electrons. The van der Waals surface area contributed by atoms with Gasteiger partial charge in [0, 0.05) is 19.6 Å². The van der Waals surface area contributed by atoms with E-state index in [0.29, 0.717) is 18.8 Å². The second-order valence-electron chi connectivity index (χ2n) is 6.39. The highest BCUT2D eigenvalue weighted by Crippen LogP contribution is 2.31. The largest absolute Gasteiger partial charge is 0.417 e. The monoisotopic (exact) mass is 428 g/mol. The van der Waals surface area contributed by atoms with Crippen LogP contribution < -0.4 is 5.32 Å². The van der Waals surface area contributed by atoms with Crippen LogP contribution in [0.15, 0.2) is 53.4 Å². The fourth-order valence-electron chi connectivity index (χ4n) is 2.92. The second kappa shape index (κ2) is 8.52. The Morgan fingerprint density at radius 3 is 2.28 bits per heavy atom. The lowest BCUT2D eigenvalue weighted by Crippen LogP contribution is -2.40. The van der Waals surface area contributed by atoms with Crippen LogP contribution in [0.5, 0.6) is 0 Å². The lowest BCUT2D eigenvalue weighted by molar-refractivity contribution is -0.137. The number of hydrogen-bond acceptors (Lipinski definition) is 4. The Hall–Kier alpha value is -2.43. The molecule has 0 atom stereocenters. The van der Waals surface area contributed by atoms with Gasteiger partial charge in [-0.2, -0.15) is 17.5 Å². The van der Waals surface area contributed by atoms with Crippen LogP contribution in [0, 0.1) is 0 Å². The van der Waals surface area contributed by atoms with Gasteiger partial charge in [0.15, 0.2) is 0 Å². The maximum Gasteiger partial charge on any atom is 0.417 e. The van der Waals surface area contributed by atoms with Gasteiger partial charge < -0.3 is 10.1 Å². The van der Waals surface area contributed by atoms with Crippen molar-refractivity contribution in [2.24, 2.45) is 0 Å². The van der Waals surface area contributed by atoms with Crippen molar-refractivity contribution in [1.82, 2.24) is 9.62 Å². The zero-order chi connectivity index (χ0) is 21.1. The Morgan fingerprint density at radius 2 is 1.66 bits per heavy atom. The maximum atomic E-state index is 13.0. The van der Waals surface area contributed by atoms with Gasteiger partial charge in [0.05, 0.1) is 29.2 Å². The van der Waals surface area contributed by atoms with E-state index < -0.39 is 33.2 Å². The third-order valence-corrected chi connectivity index (χ3v) is 6.37. The molecule has 6 nitrogen and oxygen atoms in total. The summed E-state index contributed by atoms with van der Waals surface area (Å²) in [5.41, 5.74) is -0.917. The van der Waals surface area contributed by atoms with Crippen LogP contribution in [-0.4, -0.2) is 44.9 Å². The molecule has 1 N–H and O–H groups in total. The Bertz CT molecular complexity index is 970. The highest BCUT2D eigenvalue weighted by atomic mass is 32.2. The minimum Gasteiger partial charge on any atom is -0.379 e. The fraction of sp³-hybridized carbons (Fsp3) is 0.316. The summed E-state index contributed by atoms with van der Waals surface area (Å²) in [5, 5.41) is 2.43. The first kappa shape index (κ1) is 21.3. The topological polar surface area (TPSA) is 75.7 Å². The third-order valence-electron chi connectivity index (χ3n) is 4.46. The van der Waals surface area contributed by atoms with E-state index in [4.69, 9.17) is 4.74 Å². The Kier molecular flexibility index (Phi) is 6.25. The van der Waals surface area contributed by atoms with Crippen LogP contribution in [0.4, 0.5) is 13.2 Å². The van der Waals surface area contributed by atoms with E-state index in [1.54, 1.807) is 0 Å². The summed E-state index contributed by atoms with van der Waals surface area (Å²) in [6.45, 7) is 1.19. The van der Waals surface area contributed by atoms with E-state index in [0.717, 1.165) is 12.1 Å². The molecular weight excluding hydrogens is 409 g/mol. The van der Waals surface area contributed by atoms with E-state index in [1.165, 1.54) is 40.7 Å². The Morgan fingerprint density at radius 1 is 1.03 bits per heavy atom. The first-order chi connectivity index (χ1) is 13.7. The zero-order valence-electron chi connectivity index (χ0n) is 15.3. The number of amides is 1. The van der Waals surface area contributed by atoms with Crippen LogP contribution in [0.1, 0.15) is 21.5 Å². The SMILES string of the molecule is O=C(NCc1ccc(S(=O)(=O)N2CCOCC2)cc1)c1ccccc1C(F)(F)F. The van der Waals surface area contributed by atoms with E-state index in [1.807, 2.05) is 0 Å². The predicted octanol–water partition coefficient (Wildman–Crippen LogP) is 2.66. The van der Waals surface area contributed by atoms with Crippen molar-refractivity contribution < 1.29 is 31.1 Å². The van der Waals surface area contributed by atoms with Gasteiger partial charge in [0.2, 0.25) is 10.0 Å². The summed E-state index contributed by atoms with van der Waals surface area (Å²) in [4.78, 5) is 12.3. The van der Waals surface area contributed by atoms with Gasteiger partial charge in [-0.05, 0) is 29.8 Å². The van der Waals surface area contributed by atoms with E-state index in [9.17, 15) is 26.4 Å². The smallest absolute Gasteiger partial charge is 0.379 e. The molecule has 1 fully saturated rings. The van der Waals surface area contributed by atoms with Crippen LogP contribution in [0.2, 0.25) is 0 Å². The molecule has 0 aromatic heterocycles. The van der Waals surface area contributed by atoms with Crippen molar-refractivity contribution in [3.05, 3.63) is 65.2 Å². The highest BCUT2D eigenvalue weighted by Gasteiger charge is 2.34. The van der Waals surface area contributed by atoms with Gasteiger partial charge in [0.1, 0.15) is 0 Å². The first-order valence-electron chi connectivity index (χ1n) is 8.81. The van der Waals surface area contributed by atoms with Crippen molar-refractivity contribution in [3.63, 3.8) is 0 Å². The molecule has 0 unspecified atom stereocenters. The predicted molar refractivity (Wildman–Crippen MR) is 98.6 cm³/mol. The lowest BCUT2D eigenvalue weighted by atomic mass is 10.1. The van der Waals surface area contributed by atoms with Gasteiger partial charge in [-0.15, -0.1) is 0 Å². The highest BCUT2D eigenvalue weighted by molar-refractivity contribution is 7.89. The maximum absolute atomic E-state index is 13.0. The molecule has 29 heavy (non-hydrogen) atoms. The molecule has 1 aliphatic heterocycles. The molecule has 1 saturated heterocycles. The van der Waals surface area contributed by atoms with Gasteiger partial charge >= 0.3 is 6.18 Å². The summed E-state index contributed by atoms with van der Waals surface area (Å²) < 4.78 is 70.7. The molecule has 1 heterocycles. The van der Waals surface area contributed by atoms with Crippen molar-refractivity contribution in [3.8, 4) is 0 Å². The van der Waals surface area contributed by atoms with Crippen LogP contribution in [0.3, 0.4) is 0 Å². The average molecular weight is 428 g/mol. The molecular formula is C19H19F3N2O4S. The average Bonchev–Trinajstić information content (AvgIpc) is 2.72. The van der Waals surface area contributed by atoms with Gasteiger partial charge in [-0.1, -0.05) is 24.3 Å². The quantitative estimate of drug-likeness (QED) is 0.795. The molecule has 1 aliphatic rings. The summed E-state index contributed by atoms with van der Waals surface area (Å²) in [6, 6.07) is 10.4. The summed E-state index contributed by atoms with van der Waals surface area (Å²) in [6.07, 6.45) is -4.64. The number of carbonyl (C=O) groups excluding carboxylic acids is 1. The Balaban J connectivity index is 1.67. The Labute approximate surface area is 166 Å². The number of alkyl halides is 3. The number of ether oxygens (including phenoxy) is 1. The molecule has 3 rings (SSSR count). The number of halogens is 3. The van der Waals surface area contributed by atoms with Crippen LogP contribution in [0.25, 0.3) is 0 Å². The van der Waals surface area contributed by atoms with Crippen molar-refractivity contribution in [1.29, 1.82) is 0 Å². The summed E-state index contributed by atoms with van der Waals surface area (Å²) in [7, 11) is -3.63. The minimum absolute atomic E-state index is 0.0388. The number of sulfonamides is 1. The second-order valence-corrected chi connectivity index (χ2v) is 8.32. The minimum atomic E-state index is -4.64. The molecule has 0 saturated carbocycles. The number of nitrogens with zero attached hydrogens (tertiary/aromatic N) is 1. The third kappa shape index (κ3) is 4.95. The number of carbonyl (C=O) groups is 1. The normalized spacial score (nSPS) is 15.8. The van der Waals surface area contributed by atoms with E-state index >= 15 is 0 Å². The summed E-state index contributed by atoms with van der Waals surface area (Å²) >= 11 is 0. The molecule has 0 aliphatic carbocycles.